The Morgan fingerprint density at radius 2 is 2.16 bits per heavy atom. The Labute approximate surface area is 113 Å². The summed E-state index contributed by atoms with van der Waals surface area (Å²) in [5.41, 5.74) is -0.721. The standard InChI is InChI=1S/C12H21N3O3S/c1-10-3-5-12(9-16,6-4-10)14-19(17,18)11-7-13-15(2)8-11/h7-8,10,14,16H,3-6,9H2,1-2H3. The Morgan fingerprint density at radius 3 is 2.63 bits per heavy atom. The highest BCUT2D eigenvalue weighted by Gasteiger charge is 2.37. The first kappa shape index (κ1) is 14.5. The number of rotatable bonds is 4. The molecule has 1 heterocycles. The van der Waals surface area contributed by atoms with E-state index in [1.54, 1.807) is 7.05 Å². The van der Waals surface area contributed by atoms with Crippen molar-refractivity contribution >= 4 is 10.0 Å². The fourth-order valence-corrected chi connectivity index (χ4v) is 3.92. The van der Waals surface area contributed by atoms with Crippen molar-refractivity contribution in [1.82, 2.24) is 14.5 Å². The maximum absolute atomic E-state index is 12.3. The molecule has 1 aliphatic carbocycles. The van der Waals surface area contributed by atoms with Gasteiger partial charge in [-0.15, -0.1) is 0 Å². The van der Waals surface area contributed by atoms with Crippen molar-refractivity contribution in [1.29, 1.82) is 0 Å². The van der Waals surface area contributed by atoms with Gasteiger partial charge in [-0.3, -0.25) is 4.68 Å². The van der Waals surface area contributed by atoms with Crippen LogP contribution in [0.25, 0.3) is 0 Å². The highest BCUT2D eigenvalue weighted by molar-refractivity contribution is 7.89. The van der Waals surface area contributed by atoms with Crippen LogP contribution in [0.1, 0.15) is 32.6 Å². The summed E-state index contributed by atoms with van der Waals surface area (Å²) >= 11 is 0. The molecule has 1 saturated carbocycles. The van der Waals surface area contributed by atoms with Crippen LogP contribution in [0.15, 0.2) is 17.3 Å². The van der Waals surface area contributed by atoms with E-state index in [-0.39, 0.29) is 11.5 Å². The average molecular weight is 287 g/mol. The number of aliphatic hydroxyl groups is 1. The second-order valence-electron chi connectivity index (χ2n) is 5.58. The van der Waals surface area contributed by atoms with Gasteiger partial charge >= 0.3 is 0 Å². The smallest absolute Gasteiger partial charge is 0.244 e. The summed E-state index contributed by atoms with van der Waals surface area (Å²) in [5.74, 6) is 0.586. The maximum Gasteiger partial charge on any atom is 0.244 e. The topological polar surface area (TPSA) is 84.2 Å². The second-order valence-corrected chi connectivity index (χ2v) is 7.26. The summed E-state index contributed by atoms with van der Waals surface area (Å²) in [6, 6.07) is 0. The molecule has 2 rings (SSSR count). The molecule has 0 spiro atoms. The molecular weight excluding hydrogens is 266 g/mol. The summed E-state index contributed by atoms with van der Waals surface area (Å²) in [4.78, 5) is 0.140. The van der Waals surface area contributed by atoms with Crippen molar-refractivity contribution in [3.05, 3.63) is 12.4 Å². The van der Waals surface area contributed by atoms with Gasteiger partial charge in [0.25, 0.3) is 0 Å². The molecule has 0 amide bonds. The maximum atomic E-state index is 12.3. The Morgan fingerprint density at radius 1 is 1.53 bits per heavy atom. The summed E-state index contributed by atoms with van der Waals surface area (Å²) in [6.07, 6.45) is 5.97. The molecule has 0 bridgehead atoms. The Balaban J connectivity index is 2.18. The molecule has 0 saturated heterocycles. The third-order valence-corrected chi connectivity index (χ3v) is 5.41. The van der Waals surface area contributed by atoms with Gasteiger partial charge in [-0.2, -0.15) is 5.10 Å². The van der Waals surface area contributed by atoms with Crippen LogP contribution in [0, 0.1) is 5.92 Å². The van der Waals surface area contributed by atoms with Crippen molar-refractivity contribution in [3.63, 3.8) is 0 Å². The first-order chi connectivity index (χ1) is 8.87. The highest BCUT2D eigenvalue weighted by atomic mass is 32.2. The first-order valence-corrected chi connectivity index (χ1v) is 7.99. The first-order valence-electron chi connectivity index (χ1n) is 6.50. The third-order valence-electron chi connectivity index (χ3n) is 3.88. The lowest BCUT2D eigenvalue weighted by Crippen LogP contribution is -2.53. The zero-order chi connectivity index (χ0) is 14.1. The third kappa shape index (κ3) is 3.16. The van der Waals surface area contributed by atoms with Crippen molar-refractivity contribution < 1.29 is 13.5 Å². The molecule has 1 aromatic heterocycles. The minimum atomic E-state index is -3.62. The lowest BCUT2D eigenvalue weighted by atomic mass is 9.78. The number of aryl methyl sites for hydroxylation is 1. The molecule has 7 heteroatoms. The van der Waals surface area contributed by atoms with Gasteiger partial charge in [0.2, 0.25) is 10.0 Å². The van der Waals surface area contributed by atoms with Crippen LogP contribution in [0.2, 0.25) is 0 Å². The lowest BCUT2D eigenvalue weighted by Gasteiger charge is -2.38. The quantitative estimate of drug-likeness (QED) is 0.851. The van der Waals surface area contributed by atoms with Crippen LogP contribution in [0.3, 0.4) is 0 Å². The monoisotopic (exact) mass is 287 g/mol. The number of hydrogen-bond donors (Lipinski definition) is 2. The summed E-state index contributed by atoms with van der Waals surface area (Å²) in [7, 11) is -1.95. The van der Waals surface area contributed by atoms with Crippen molar-refractivity contribution in [3.8, 4) is 0 Å². The number of aliphatic hydroxyl groups excluding tert-OH is 1. The molecule has 1 fully saturated rings. The van der Waals surface area contributed by atoms with E-state index in [2.05, 4.69) is 16.7 Å². The van der Waals surface area contributed by atoms with Crippen molar-refractivity contribution in [2.45, 2.75) is 43.0 Å². The van der Waals surface area contributed by atoms with Crippen LogP contribution >= 0.6 is 0 Å². The molecular formula is C12H21N3O3S. The Kier molecular flexibility index (Phi) is 3.98. The number of aromatic nitrogens is 2. The van der Waals surface area contributed by atoms with E-state index >= 15 is 0 Å². The largest absolute Gasteiger partial charge is 0.394 e. The predicted octanol–water partition coefficient (Wildman–Crippen LogP) is 0.640. The highest BCUT2D eigenvalue weighted by Crippen LogP contribution is 2.32. The number of hydrogen-bond acceptors (Lipinski definition) is 4. The molecule has 2 N–H and O–H groups in total. The van der Waals surface area contributed by atoms with Gasteiger partial charge in [0.05, 0.1) is 18.3 Å². The normalized spacial score (nSPS) is 28.5. The van der Waals surface area contributed by atoms with Gasteiger partial charge in [0.15, 0.2) is 0 Å². The summed E-state index contributed by atoms with van der Waals surface area (Å²) < 4.78 is 28.7. The van der Waals surface area contributed by atoms with E-state index in [1.165, 1.54) is 17.1 Å². The van der Waals surface area contributed by atoms with E-state index in [9.17, 15) is 13.5 Å². The SMILES string of the molecule is CC1CCC(CO)(NS(=O)(=O)c2cnn(C)c2)CC1. The van der Waals surface area contributed by atoms with Crippen LogP contribution in [-0.4, -0.2) is 35.5 Å². The summed E-state index contributed by atoms with van der Waals surface area (Å²) in [6.45, 7) is 1.98. The van der Waals surface area contributed by atoms with E-state index in [1.807, 2.05) is 0 Å². The van der Waals surface area contributed by atoms with Crippen LogP contribution < -0.4 is 4.72 Å². The number of sulfonamides is 1. The average Bonchev–Trinajstić information content (AvgIpc) is 2.80. The Hall–Kier alpha value is -0.920. The van der Waals surface area contributed by atoms with Crippen LogP contribution in [0.5, 0.6) is 0 Å². The van der Waals surface area contributed by atoms with Crippen LogP contribution in [0.4, 0.5) is 0 Å². The minimum Gasteiger partial charge on any atom is -0.394 e. The van der Waals surface area contributed by atoms with E-state index < -0.39 is 15.6 Å². The van der Waals surface area contributed by atoms with Gasteiger partial charge in [-0.1, -0.05) is 6.92 Å². The van der Waals surface area contributed by atoms with Crippen LogP contribution in [-0.2, 0) is 17.1 Å². The molecule has 0 atom stereocenters. The van der Waals surface area contributed by atoms with Gasteiger partial charge in [-0.25, -0.2) is 13.1 Å². The summed E-state index contributed by atoms with van der Waals surface area (Å²) in [5, 5.41) is 13.5. The number of nitrogens with one attached hydrogen (secondary N) is 1. The lowest BCUT2D eigenvalue weighted by molar-refractivity contribution is 0.125. The van der Waals surface area contributed by atoms with E-state index in [0.29, 0.717) is 18.8 Å². The van der Waals surface area contributed by atoms with E-state index in [0.717, 1.165) is 12.8 Å². The molecule has 0 aliphatic heterocycles. The zero-order valence-electron chi connectivity index (χ0n) is 11.3. The zero-order valence-corrected chi connectivity index (χ0v) is 12.2. The molecule has 1 aliphatic rings. The minimum absolute atomic E-state index is 0.140. The van der Waals surface area contributed by atoms with Crippen molar-refractivity contribution in [2.24, 2.45) is 13.0 Å². The number of nitrogens with zero attached hydrogens (tertiary/aromatic N) is 2. The fraction of sp³-hybridized carbons (Fsp3) is 0.750. The second kappa shape index (κ2) is 5.22. The van der Waals surface area contributed by atoms with Gasteiger partial charge in [-0.05, 0) is 31.6 Å². The molecule has 0 aromatic carbocycles. The van der Waals surface area contributed by atoms with Gasteiger partial charge in [0.1, 0.15) is 4.90 Å². The molecule has 6 nitrogen and oxygen atoms in total. The molecule has 0 radical (unpaired) electrons. The molecule has 1 aromatic rings. The predicted molar refractivity (Wildman–Crippen MR) is 71.0 cm³/mol. The van der Waals surface area contributed by atoms with Gasteiger partial charge < -0.3 is 5.11 Å². The molecule has 0 unspecified atom stereocenters. The van der Waals surface area contributed by atoms with E-state index in [4.69, 9.17) is 0 Å². The molecule has 108 valence electrons. The molecule has 19 heavy (non-hydrogen) atoms. The van der Waals surface area contributed by atoms with Crippen molar-refractivity contribution in [2.75, 3.05) is 6.61 Å². The van der Waals surface area contributed by atoms with Gasteiger partial charge in [0, 0.05) is 13.2 Å². The Bertz CT molecular complexity index is 530. The fourth-order valence-electron chi connectivity index (χ4n) is 2.49.